The molecule has 4 nitrogen and oxygen atoms in total. The van der Waals surface area contributed by atoms with Crippen LogP contribution < -0.4 is 0 Å². The number of furan rings is 1. The Hall–Kier alpha value is -5.09. The highest BCUT2D eigenvalue weighted by Crippen LogP contribution is 2.54. The molecular weight excluding hydrogens is 526 g/mol. The smallest absolute Gasteiger partial charge is 0.164 e. The van der Waals surface area contributed by atoms with Gasteiger partial charge in [0.2, 0.25) is 0 Å². The van der Waals surface area contributed by atoms with E-state index in [2.05, 4.69) is 88.4 Å². The molecule has 0 atom stereocenters. The molecular formula is C39H31N3O. The zero-order valence-electron chi connectivity index (χ0n) is 24.7. The van der Waals surface area contributed by atoms with E-state index in [1.807, 2.05) is 54.6 Å². The van der Waals surface area contributed by atoms with E-state index in [9.17, 15) is 0 Å². The number of aromatic nitrogens is 3. The standard InChI is InChI=1S/C39H31N3O/c1-38(2)31-16-10-8-14-27(31)28-20-18-25(22-32(28)39(38,3)4)36-40-35(24-12-6-5-7-13-24)41-37(42-36)26-19-21-30-29-15-9-11-17-33(29)43-34(30)23-26/h5-23H,1-4H3. The molecule has 5 aromatic carbocycles. The minimum atomic E-state index is -0.114. The van der Waals surface area contributed by atoms with E-state index in [-0.39, 0.29) is 10.8 Å². The number of rotatable bonds is 3. The number of benzene rings is 5. The Labute approximate surface area is 251 Å². The summed E-state index contributed by atoms with van der Waals surface area (Å²) >= 11 is 0. The van der Waals surface area contributed by atoms with Crippen LogP contribution in [0.1, 0.15) is 38.8 Å². The Morgan fingerprint density at radius 2 is 1.00 bits per heavy atom. The maximum absolute atomic E-state index is 6.21. The molecule has 0 aliphatic heterocycles. The summed E-state index contributed by atoms with van der Waals surface area (Å²) in [6.07, 6.45) is 0. The van der Waals surface area contributed by atoms with E-state index in [0.717, 1.165) is 38.6 Å². The summed E-state index contributed by atoms with van der Waals surface area (Å²) in [5.41, 5.74) is 9.60. The van der Waals surface area contributed by atoms with Gasteiger partial charge < -0.3 is 4.42 Å². The van der Waals surface area contributed by atoms with E-state index < -0.39 is 0 Å². The lowest BCUT2D eigenvalue weighted by atomic mass is 9.55. The minimum absolute atomic E-state index is 0.0589. The first kappa shape index (κ1) is 25.6. The number of para-hydroxylation sites is 1. The van der Waals surface area contributed by atoms with Crippen LogP contribution >= 0.6 is 0 Å². The van der Waals surface area contributed by atoms with Gasteiger partial charge in [0, 0.05) is 27.5 Å². The van der Waals surface area contributed by atoms with Crippen molar-refractivity contribution < 1.29 is 4.42 Å². The topological polar surface area (TPSA) is 51.8 Å². The van der Waals surface area contributed by atoms with Gasteiger partial charge in [0.1, 0.15) is 11.2 Å². The summed E-state index contributed by atoms with van der Waals surface area (Å²) in [5.74, 6) is 1.92. The van der Waals surface area contributed by atoms with Crippen LogP contribution in [0, 0.1) is 0 Å². The first-order valence-electron chi connectivity index (χ1n) is 14.8. The van der Waals surface area contributed by atoms with Crippen LogP contribution in [0.3, 0.4) is 0 Å². The SMILES string of the molecule is CC1(C)c2ccccc2-c2ccc(-c3nc(-c4ccccc4)nc(-c4ccc5c(c4)oc4ccccc45)n3)cc2C1(C)C. The molecule has 1 aliphatic carbocycles. The fourth-order valence-corrected chi connectivity index (χ4v) is 6.59. The predicted molar refractivity (Wildman–Crippen MR) is 175 cm³/mol. The molecule has 4 heteroatoms. The minimum Gasteiger partial charge on any atom is -0.456 e. The Balaban J connectivity index is 1.33. The first-order chi connectivity index (χ1) is 20.8. The van der Waals surface area contributed by atoms with Gasteiger partial charge in [-0.15, -0.1) is 0 Å². The quantitative estimate of drug-likeness (QED) is 0.217. The molecule has 0 fully saturated rings. The second kappa shape index (κ2) is 9.20. The van der Waals surface area contributed by atoms with Crippen LogP contribution in [0.2, 0.25) is 0 Å². The van der Waals surface area contributed by atoms with Gasteiger partial charge in [0.05, 0.1) is 0 Å². The molecule has 0 saturated carbocycles. The lowest BCUT2D eigenvalue weighted by Gasteiger charge is -2.48. The molecule has 0 radical (unpaired) electrons. The van der Waals surface area contributed by atoms with Crippen molar-refractivity contribution in [3.63, 3.8) is 0 Å². The van der Waals surface area contributed by atoms with E-state index >= 15 is 0 Å². The Morgan fingerprint density at radius 1 is 0.442 bits per heavy atom. The van der Waals surface area contributed by atoms with Crippen LogP contribution in [0.15, 0.2) is 120 Å². The zero-order chi connectivity index (χ0) is 29.3. The Bertz CT molecular complexity index is 2190. The molecule has 0 unspecified atom stereocenters. The molecule has 2 heterocycles. The molecule has 0 amide bonds. The largest absolute Gasteiger partial charge is 0.456 e. The Morgan fingerprint density at radius 3 is 1.79 bits per heavy atom. The third kappa shape index (κ3) is 3.86. The van der Waals surface area contributed by atoms with Crippen molar-refractivity contribution in [3.8, 4) is 45.3 Å². The predicted octanol–water partition coefficient (Wildman–Crippen LogP) is 10.0. The number of hydrogen-bond acceptors (Lipinski definition) is 4. The van der Waals surface area contributed by atoms with E-state index in [1.165, 1.54) is 22.3 Å². The van der Waals surface area contributed by atoms with E-state index in [4.69, 9.17) is 19.4 Å². The third-order valence-electron chi connectivity index (χ3n) is 9.71. The molecule has 1 aliphatic rings. The van der Waals surface area contributed by atoms with Gasteiger partial charge in [-0.25, -0.2) is 15.0 Å². The Kier molecular flexibility index (Phi) is 5.48. The summed E-state index contributed by atoms with van der Waals surface area (Å²) in [4.78, 5) is 15.1. The molecule has 0 spiro atoms. The highest BCUT2D eigenvalue weighted by atomic mass is 16.3. The van der Waals surface area contributed by atoms with Crippen LogP contribution in [0.25, 0.3) is 67.2 Å². The van der Waals surface area contributed by atoms with Crippen molar-refractivity contribution in [1.29, 1.82) is 0 Å². The normalized spacial score (nSPS) is 14.9. The van der Waals surface area contributed by atoms with Crippen LogP contribution in [-0.2, 0) is 10.8 Å². The van der Waals surface area contributed by atoms with Crippen LogP contribution in [0.4, 0.5) is 0 Å². The highest BCUT2D eigenvalue weighted by Gasteiger charge is 2.45. The molecule has 43 heavy (non-hydrogen) atoms. The summed E-state index contributed by atoms with van der Waals surface area (Å²) in [6.45, 7) is 9.40. The summed E-state index contributed by atoms with van der Waals surface area (Å²) in [7, 11) is 0. The van der Waals surface area contributed by atoms with Crippen LogP contribution in [-0.4, -0.2) is 15.0 Å². The monoisotopic (exact) mass is 557 g/mol. The molecule has 7 aromatic rings. The van der Waals surface area contributed by atoms with Gasteiger partial charge in [0.25, 0.3) is 0 Å². The van der Waals surface area contributed by atoms with Gasteiger partial charge in [-0.05, 0) is 57.3 Å². The lowest BCUT2D eigenvalue weighted by Crippen LogP contribution is -2.43. The second-order valence-corrected chi connectivity index (χ2v) is 12.5. The molecule has 208 valence electrons. The van der Waals surface area contributed by atoms with Crippen molar-refractivity contribution in [1.82, 2.24) is 15.0 Å². The van der Waals surface area contributed by atoms with E-state index in [0.29, 0.717) is 17.5 Å². The summed E-state index contributed by atoms with van der Waals surface area (Å²) < 4.78 is 6.21. The fraction of sp³-hybridized carbons (Fsp3) is 0.154. The average Bonchev–Trinajstić information content (AvgIpc) is 3.42. The molecule has 8 rings (SSSR count). The molecule has 0 bridgehead atoms. The summed E-state index contributed by atoms with van der Waals surface area (Å²) in [5, 5.41) is 2.18. The first-order valence-corrected chi connectivity index (χ1v) is 14.8. The van der Waals surface area contributed by atoms with Crippen molar-refractivity contribution in [2.45, 2.75) is 38.5 Å². The fourth-order valence-electron chi connectivity index (χ4n) is 6.59. The average molecular weight is 558 g/mol. The van der Waals surface area contributed by atoms with Crippen molar-refractivity contribution in [2.75, 3.05) is 0 Å². The van der Waals surface area contributed by atoms with Gasteiger partial charge in [0.15, 0.2) is 17.5 Å². The third-order valence-corrected chi connectivity index (χ3v) is 9.71. The number of fused-ring (bicyclic) bond motifs is 6. The molecule has 2 aromatic heterocycles. The van der Waals surface area contributed by atoms with Gasteiger partial charge in [-0.3, -0.25) is 0 Å². The van der Waals surface area contributed by atoms with Gasteiger partial charge in [-0.2, -0.15) is 0 Å². The van der Waals surface area contributed by atoms with Crippen LogP contribution in [0.5, 0.6) is 0 Å². The summed E-state index contributed by atoms with van der Waals surface area (Å²) in [6, 6.07) is 40.0. The van der Waals surface area contributed by atoms with Gasteiger partial charge in [-0.1, -0.05) is 119 Å². The number of hydrogen-bond donors (Lipinski definition) is 0. The maximum Gasteiger partial charge on any atom is 0.164 e. The maximum atomic E-state index is 6.21. The lowest BCUT2D eigenvalue weighted by molar-refractivity contribution is 0.299. The highest BCUT2D eigenvalue weighted by molar-refractivity contribution is 6.05. The van der Waals surface area contributed by atoms with Crippen molar-refractivity contribution in [3.05, 3.63) is 126 Å². The van der Waals surface area contributed by atoms with Crippen molar-refractivity contribution in [2.24, 2.45) is 0 Å². The van der Waals surface area contributed by atoms with Crippen molar-refractivity contribution >= 4 is 21.9 Å². The molecule has 0 saturated heterocycles. The van der Waals surface area contributed by atoms with Gasteiger partial charge >= 0.3 is 0 Å². The zero-order valence-corrected chi connectivity index (χ0v) is 24.7. The second-order valence-electron chi connectivity index (χ2n) is 12.5. The van der Waals surface area contributed by atoms with E-state index in [1.54, 1.807) is 0 Å². The number of nitrogens with zero attached hydrogens (tertiary/aromatic N) is 3. The molecule has 0 N–H and O–H groups in total.